The molecule has 7 nitrogen and oxygen atoms in total. The lowest BCUT2D eigenvalue weighted by molar-refractivity contribution is -0.137. The fraction of sp³-hybridized carbons (Fsp3) is 0.542. The number of rotatable bonds is 6. The number of hydrogen-bond donors (Lipinski definition) is 2. The van der Waals surface area contributed by atoms with Crippen LogP contribution in [0, 0.1) is 19.4 Å². The van der Waals surface area contributed by atoms with Gasteiger partial charge in [-0.05, 0) is 51.7 Å². The maximum atomic E-state index is 13.3. The first-order valence-electron chi connectivity index (χ1n) is 10.7. The maximum Gasteiger partial charge on any atom is 0.408 e. The van der Waals surface area contributed by atoms with Crippen LogP contribution in [0.3, 0.4) is 0 Å². The Balaban J connectivity index is 2.20. The summed E-state index contributed by atoms with van der Waals surface area (Å²) in [5, 5.41) is 5.49. The number of benzene rings is 1. The van der Waals surface area contributed by atoms with E-state index in [9.17, 15) is 14.4 Å². The predicted molar refractivity (Wildman–Crippen MR) is 119 cm³/mol. The Morgan fingerprint density at radius 3 is 2.42 bits per heavy atom. The maximum absolute atomic E-state index is 13.3. The van der Waals surface area contributed by atoms with E-state index in [1.165, 1.54) is 6.42 Å². The molecule has 0 aliphatic heterocycles. The molecule has 1 aromatic rings. The van der Waals surface area contributed by atoms with Crippen LogP contribution in [0.1, 0.15) is 70.0 Å². The van der Waals surface area contributed by atoms with Gasteiger partial charge in [0.15, 0.2) is 0 Å². The molecule has 168 valence electrons. The third-order valence-electron chi connectivity index (χ3n) is 5.13. The van der Waals surface area contributed by atoms with Crippen LogP contribution in [0.5, 0.6) is 0 Å². The fourth-order valence-electron chi connectivity index (χ4n) is 3.66. The van der Waals surface area contributed by atoms with Gasteiger partial charge in [-0.1, -0.05) is 50.0 Å². The van der Waals surface area contributed by atoms with E-state index in [-0.39, 0.29) is 18.5 Å². The first kappa shape index (κ1) is 24.3. The Morgan fingerprint density at radius 2 is 1.84 bits per heavy atom. The summed E-state index contributed by atoms with van der Waals surface area (Å²) >= 11 is 0. The number of terminal acetylenes is 1. The molecule has 1 aliphatic rings. The van der Waals surface area contributed by atoms with Gasteiger partial charge < -0.3 is 15.4 Å². The Kier molecular flexibility index (Phi) is 8.49. The zero-order chi connectivity index (χ0) is 23.0. The quantitative estimate of drug-likeness (QED) is 0.538. The number of hydrogen-bond acceptors (Lipinski definition) is 4. The van der Waals surface area contributed by atoms with Crippen molar-refractivity contribution in [1.29, 1.82) is 0 Å². The van der Waals surface area contributed by atoms with Crippen molar-refractivity contribution in [1.82, 2.24) is 15.5 Å². The van der Waals surface area contributed by atoms with Crippen molar-refractivity contribution in [2.24, 2.45) is 0 Å². The van der Waals surface area contributed by atoms with Gasteiger partial charge in [0, 0.05) is 12.1 Å². The van der Waals surface area contributed by atoms with E-state index in [4.69, 9.17) is 11.2 Å². The number of ether oxygens (including phenoxy) is 1. The zero-order valence-electron chi connectivity index (χ0n) is 18.9. The van der Waals surface area contributed by atoms with Gasteiger partial charge in [-0.25, -0.2) is 4.79 Å². The molecule has 1 atom stereocenters. The highest BCUT2D eigenvalue weighted by Crippen LogP contribution is 2.26. The SMILES string of the molecule is C#CN(C(=O)CNC(=O)OC(C)(C)C)C(C(=O)NC1CCCCC1)c1ccccc1C. The molecule has 1 unspecified atom stereocenters. The van der Waals surface area contributed by atoms with Gasteiger partial charge in [0.2, 0.25) is 5.91 Å². The van der Waals surface area contributed by atoms with Crippen LogP contribution in [-0.2, 0) is 14.3 Å². The van der Waals surface area contributed by atoms with E-state index in [2.05, 4.69) is 16.7 Å². The van der Waals surface area contributed by atoms with Crippen molar-refractivity contribution in [3.8, 4) is 12.5 Å². The topological polar surface area (TPSA) is 87.7 Å². The van der Waals surface area contributed by atoms with E-state index < -0.39 is 23.6 Å². The number of alkyl carbamates (subject to hydrolysis) is 1. The van der Waals surface area contributed by atoms with Crippen molar-refractivity contribution < 1.29 is 19.1 Å². The molecule has 0 spiro atoms. The summed E-state index contributed by atoms with van der Waals surface area (Å²) in [6, 6.07) is 8.76. The van der Waals surface area contributed by atoms with Crippen molar-refractivity contribution in [3.63, 3.8) is 0 Å². The van der Waals surface area contributed by atoms with Gasteiger partial charge in [0.25, 0.3) is 5.91 Å². The third kappa shape index (κ3) is 7.32. The highest BCUT2D eigenvalue weighted by Gasteiger charge is 2.33. The van der Waals surface area contributed by atoms with Crippen LogP contribution in [0.15, 0.2) is 24.3 Å². The minimum Gasteiger partial charge on any atom is -0.444 e. The van der Waals surface area contributed by atoms with Gasteiger partial charge in [-0.15, -0.1) is 0 Å². The van der Waals surface area contributed by atoms with Crippen molar-refractivity contribution >= 4 is 17.9 Å². The zero-order valence-corrected chi connectivity index (χ0v) is 18.9. The second kappa shape index (κ2) is 10.9. The molecule has 2 N–H and O–H groups in total. The van der Waals surface area contributed by atoms with E-state index in [0.29, 0.717) is 5.56 Å². The Hall–Kier alpha value is -3.01. The smallest absolute Gasteiger partial charge is 0.408 e. The highest BCUT2D eigenvalue weighted by molar-refractivity contribution is 5.91. The molecule has 0 saturated heterocycles. The fourth-order valence-corrected chi connectivity index (χ4v) is 3.66. The average Bonchev–Trinajstić information content (AvgIpc) is 2.70. The number of nitrogens with zero attached hydrogens (tertiary/aromatic N) is 1. The van der Waals surface area contributed by atoms with Crippen LogP contribution in [0.4, 0.5) is 4.79 Å². The molecule has 0 heterocycles. The van der Waals surface area contributed by atoms with Crippen LogP contribution in [-0.4, -0.2) is 41.0 Å². The summed E-state index contributed by atoms with van der Waals surface area (Å²) in [4.78, 5) is 39.2. The molecule has 0 aromatic heterocycles. The lowest BCUT2D eigenvalue weighted by Crippen LogP contribution is -2.48. The molecular weight excluding hydrogens is 394 g/mol. The minimum absolute atomic E-state index is 0.0717. The summed E-state index contributed by atoms with van der Waals surface area (Å²) in [6.45, 7) is 6.68. The van der Waals surface area contributed by atoms with Crippen molar-refractivity contribution in [2.75, 3.05) is 6.54 Å². The Bertz CT molecular complexity index is 832. The van der Waals surface area contributed by atoms with Gasteiger partial charge in [0.05, 0.1) is 0 Å². The van der Waals surface area contributed by atoms with Gasteiger partial charge >= 0.3 is 6.09 Å². The molecule has 1 aliphatic carbocycles. The van der Waals surface area contributed by atoms with E-state index >= 15 is 0 Å². The predicted octanol–water partition coefficient (Wildman–Crippen LogP) is 3.43. The first-order chi connectivity index (χ1) is 14.6. The number of carbonyl (C=O) groups is 3. The number of nitrogens with one attached hydrogen (secondary N) is 2. The van der Waals surface area contributed by atoms with Crippen LogP contribution in [0.2, 0.25) is 0 Å². The molecule has 3 amide bonds. The number of amides is 3. The summed E-state index contributed by atoms with van der Waals surface area (Å²) in [7, 11) is 0. The Labute approximate surface area is 184 Å². The summed E-state index contributed by atoms with van der Waals surface area (Å²) in [6.07, 6.45) is 10.1. The first-order valence-corrected chi connectivity index (χ1v) is 10.7. The van der Waals surface area contributed by atoms with Crippen LogP contribution >= 0.6 is 0 Å². The third-order valence-corrected chi connectivity index (χ3v) is 5.13. The second-order valence-electron chi connectivity index (χ2n) is 8.85. The number of aryl methyl sites for hydroxylation is 1. The van der Waals surface area contributed by atoms with Gasteiger partial charge in [-0.2, -0.15) is 0 Å². The van der Waals surface area contributed by atoms with Crippen molar-refractivity contribution in [2.45, 2.75) is 77.5 Å². The van der Waals surface area contributed by atoms with E-state index in [1.807, 2.05) is 19.1 Å². The summed E-state index contributed by atoms with van der Waals surface area (Å²) in [5.41, 5.74) is 0.807. The molecule has 1 aromatic carbocycles. The van der Waals surface area contributed by atoms with Gasteiger partial charge in [0.1, 0.15) is 18.2 Å². The molecule has 0 bridgehead atoms. The molecule has 1 fully saturated rings. The van der Waals surface area contributed by atoms with E-state index in [1.54, 1.807) is 32.9 Å². The molecule has 1 saturated carbocycles. The average molecular weight is 428 g/mol. The van der Waals surface area contributed by atoms with Crippen LogP contribution < -0.4 is 10.6 Å². The number of carbonyl (C=O) groups excluding carboxylic acids is 3. The summed E-state index contributed by atoms with van der Waals surface area (Å²) < 4.78 is 5.16. The minimum atomic E-state index is -0.985. The molecule has 2 rings (SSSR count). The van der Waals surface area contributed by atoms with Crippen LogP contribution in [0.25, 0.3) is 0 Å². The largest absolute Gasteiger partial charge is 0.444 e. The summed E-state index contributed by atoms with van der Waals surface area (Å²) in [5.74, 6) is -0.884. The monoisotopic (exact) mass is 427 g/mol. The van der Waals surface area contributed by atoms with Crippen molar-refractivity contribution in [3.05, 3.63) is 35.4 Å². The molecular formula is C24H33N3O4. The standard InChI is InChI=1S/C24H33N3O4/c1-6-27(20(28)16-25-23(30)31-24(3,4)5)21(19-15-11-10-12-17(19)2)22(29)26-18-13-8-7-9-14-18/h1,10-12,15,18,21H,7-9,13-14,16H2,2-5H3,(H,25,30)(H,26,29). The second-order valence-corrected chi connectivity index (χ2v) is 8.85. The Morgan fingerprint density at radius 1 is 1.19 bits per heavy atom. The molecule has 0 radical (unpaired) electrons. The normalized spacial score (nSPS) is 15.3. The molecule has 7 heteroatoms. The lowest BCUT2D eigenvalue weighted by Gasteiger charge is -2.30. The highest BCUT2D eigenvalue weighted by atomic mass is 16.6. The van der Waals surface area contributed by atoms with E-state index in [0.717, 1.165) is 36.1 Å². The molecule has 31 heavy (non-hydrogen) atoms. The van der Waals surface area contributed by atoms with Gasteiger partial charge in [-0.3, -0.25) is 14.5 Å². The lowest BCUT2D eigenvalue weighted by atomic mass is 9.94.